The van der Waals surface area contributed by atoms with Gasteiger partial charge in [-0.25, -0.2) is 4.98 Å². The highest BCUT2D eigenvalue weighted by atomic mass is 35.5. The number of carbonyl (C=O) groups excluding carboxylic acids is 1. The molecule has 32 heavy (non-hydrogen) atoms. The van der Waals surface area contributed by atoms with Crippen LogP contribution in [0.1, 0.15) is 66.0 Å². The van der Waals surface area contributed by atoms with E-state index >= 15 is 0 Å². The van der Waals surface area contributed by atoms with Gasteiger partial charge < -0.3 is 9.88 Å². The molecule has 1 N–H and O–H groups in total. The van der Waals surface area contributed by atoms with Crippen LogP contribution in [-0.2, 0) is 6.42 Å². The van der Waals surface area contributed by atoms with E-state index < -0.39 is 0 Å². The number of H-pyrrole nitrogens is 1. The van der Waals surface area contributed by atoms with Crippen LogP contribution >= 0.6 is 11.6 Å². The van der Waals surface area contributed by atoms with E-state index in [-0.39, 0.29) is 5.91 Å². The molecule has 0 atom stereocenters. The number of aromatic nitrogens is 2. The summed E-state index contributed by atoms with van der Waals surface area (Å²) < 4.78 is 0. The Kier molecular flexibility index (Phi) is 7.71. The number of aryl methyl sites for hydroxylation is 2. The number of imidazole rings is 1. The van der Waals surface area contributed by atoms with Crippen molar-refractivity contribution in [2.75, 3.05) is 13.1 Å². The largest absolute Gasteiger partial charge is 0.337 e. The lowest BCUT2D eigenvalue weighted by Gasteiger charge is -2.39. The van der Waals surface area contributed by atoms with Gasteiger partial charge in [0.1, 0.15) is 16.7 Å². The van der Waals surface area contributed by atoms with Gasteiger partial charge in [-0.2, -0.15) is 5.26 Å². The van der Waals surface area contributed by atoms with Crippen molar-refractivity contribution in [3.8, 4) is 17.3 Å². The quantitative estimate of drug-likeness (QED) is 0.510. The molecular weight excluding hydrogens is 420 g/mol. The Hall–Kier alpha value is -3.10. The van der Waals surface area contributed by atoms with Crippen LogP contribution in [0, 0.1) is 18.3 Å². The van der Waals surface area contributed by atoms with Crippen molar-refractivity contribution in [1.82, 2.24) is 14.9 Å². The molecule has 5 nitrogen and oxygen atoms in total. The number of rotatable bonds is 5. The monoisotopic (exact) mass is 448 g/mol. The summed E-state index contributed by atoms with van der Waals surface area (Å²) in [5.74, 6) is 1.19. The van der Waals surface area contributed by atoms with Crippen LogP contribution in [0.15, 0.2) is 42.5 Å². The molecule has 1 amide bonds. The fourth-order valence-corrected chi connectivity index (χ4v) is 4.06. The Labute approximate surface area is 195 Å². The number of nitriles is 1. The maximum absolute atomic E-state index is 13.0. The summed E-state index contributed by atoms with van der Waals surface area (Å²) in [5, 5.41) is 9.44. The Bertz CT molecular complexity index is 1120. The van der Waals surface area contributed by atoms with Crippen LogP contribution in [0.4, 0.5) is 0 Å². The molecule has 0 unspecified atom stereocenters. The Morgan fingerprint density at radius 2 is 1.91 bits per heavy atom. The summed E-state index contributed by atoms with van der Waals surface area (Å²) in [7, 11) is 0. The molecule has 2 heterocycles. The summed E-state index contributed by atoms with van der Waals surface area (Å²) in [6, 6.07) is 15.4. The van der Waals surface area contributed by atoms with Gasteiger partial charge in [0.15, 0.2) is 0 Å². The molecule has 0 saturated carbocycles. The molecule has 1 aliphatic rings. The zero-order chi connectivity index (χ0) is 23.3. The summed E-state index contributed by atoms with van der Waals surface area (Å²) >= 11 is 6.40. The van der Waals surface area contributed by atoms with Crippen molar-refractivity contribution in [1.29, 1.82) is 5.26 Å². The predicted octanol–water partition coefficient (Wildman–Crippen LogP) is 6.13. The molecule has 6 heteroatoms. The fourth-order valence-electron chi connectivity index (χ4n) is 3.81. The van der Waals surface area contributed by atoms with Crippen LogP contribution in [0.5, 0.6) is 0 Å². The Morgan fingerprint density at radius 3 is 2.53 bits per heavy atom. The maximum Gasteiger partial charge on any atom is 0.253 e. The number of carbonyl (C=O) groups is 1. The number of benzene rings is 2. The molecule has 0 aliphatic carbocycles. The zero-order valence-electron chi connectivity index (χ0n) is 19.1. The van der Waals surface area contributed by atoms with E-state index in [1.54, 1.807) is 0 Å². The minimum atomic E-state index is 0.0154. The summed E-state index contributed by atoms with van der Waals surface area (Å²) in [4.78, 5) is 22.6. The van der Waals surface area contributed by atoms with E-state index in [9.17, 15) is 4.79 Å². The lowest BCUT2D eigenvalue weighted by atomic mass is 9.90. The highest BCUT2D eigenvalue weighted by Crippen LogP contribution is 2.32. The first kappa shape index (κ1) is 23.6. The van der Waals surface area contributed by atoms with Crippen molar-refractivity contribution in [2.45, 2.75) is 46.5 Å². The molecular formula is C26H29ClN4O. The van der Waals surface area contributed by atoms with Gasteiger partial charge >= 0.3 is 0 Å². The second kappa shape index (κ2) is 10.5. The first-order valence-corrected chi connectivity index (χ1v) is 11.5. The smallest absolute Gasteiger partial charge is 0.253 e. The van der Waals surface area contributed by atoms with E-state index in [0.29, 0.717) is 41.0 Å². The molecule has 0 radical (unpaired) electrons. The molecule has 1 aromatic heterocycles. The van der Waals surface area contributed by atoms with Crippen molar-refractivity contribution in [3.05, 3.63) is 75.7 Å². The van der Waals surface area contributed by atoms with Gasteiger partial charge in [-0.05, 0) is 48.7 Å². The lowest BCUT2D eigenvalue weighted by molar-refractivity contribution is 0.0602. The van der Waals surface area contributed by atoms with Crippen molar-refractivity contribution < 1.29 is 4.79 Å². The van der Waals surface area contributed by atoms with E-state index in [2.05, 4.69) is 23.0 Å². The van der Waals surface area contributed by atoms with Crippen LogP contribution < -0.4 is 0 Å². The summed E-state index contributed by atoms with van der Waals surface area (Å²) in [5.41, 5.74) is 5.07. The number of hydrogen-bond donors (Lipinski definition) is 1. The number of hydrogen-bond acceptors (Lipinski definition) is 3. The third-order valence-electron chi connectivity index (χ3n) is 5.62. The van der Waals surface area contributed by atoms with Crippen LogP contribution in [0.2, 0.25) is 5.15 Å². The number of nitrogens with one attached hydrogen (secondary N) is 1. The molecule has 4 rings (SSSR count). The average Bonchev–Trinajstić information content (AvgIpc) is 3.15. The molecule has 0 bridgehead atoms. The Morgan fingerprint density at radius 1 is 1.22 bits per heavy atom. The number of likely N-dealkylation sites (tertiary alicyclic amines) is 1. The van der Waals surface area contributed by atoms with Gasteiger partial charge in [-0.1, -0.05) is 50.6 Å². The van der Waals surface area contributed by atoms with E-state index in [4.69, 9.17) is 16.9 Å². The van der Waals surface area contributed by atoms with Gasteiger partial charge in [-0.3, -0.25) is 4.79 Å². The third kappa shape index (κ3) is 4.87. The summed E-state index contributed by atoms with van der Waals surface area (Å²) in [6.45, 7) is 9.45. The maximum atomic E-state index is 13.0. The van der Waals surface area contributed by atoms with E-state index in [1.165, 1.54) is 0 Å². The highest BCUT2D eigenvalue weighted by molar-refractivity contribution is 6.32. The second-order valence-electron chi connectivity index (χ2n) is 7.77. The van der Waals surface area contributed by atoms with Gasteiger partial charge in [0.2, 0.25) is 0 Å². The normalized spacial score (nSPS) is 13.1. The second-order valence-corrected chi connectivity index (χ2v) is 8.14. The molecule has 2 aromatic carbocycles. The molecule has 1 fully saturated rings. The Balaban J connectivity index is 0.00000141. The first-order valence-electron chi connectivity index (χ1n) is 11.1. The molecule has 1 aliphatic heterocycles. The van der Waals surface area contributed by atoms with Crippen LogP contribution in [-0.4, -0.2) is 33.9 Å². The average molecular weight is 449 g/mol. The minimum absolute atomic E-state index is 0.0154. The molecule has 1 saturated heterocycles. The minimum Gasteiger partial charge on any atom is -0.337 e. The van der Waals surface area contributed by atoms with Crippen molar-refractivity contribution >= 4 is 17.5 Å². The van der Waals surface area contributed by atoms with Crippen molar-refractivity contribution in [3.63, 3.8) is 0 Å². The topological polar surface area (TPSA) is 72.8 Å². The number of halogens is 1. The number of nitrogens with zero attached hydrogens (tertiary/aromatic N) is 3. The van der Waals surface area contributed by atoms with Gasteiger partial charge in [0.25, 0.3) is 5.91 Å². The SMILES string of the molecule is CC.CCCc1nc(-c2cc(C(=O)N3CC(c4ccc(C#N)cc4)C3)ccc2C)c(Cl)[nH]1. The zero-order valence-corrected chi connectivity index (χ0v) is 19.8. The molecule has 0 spiro atoms. The predicted molar refractivity (Wildman–Crippen MR) is 129 cm³/mol. The first-order chi connectivity index (χ1) is 15.5. The number of amides is 1. The van der Waals surface area contributed by atoms with Crippen LogP contribution in [0.25, 0.3) is 11.3 Å². The van der Waals surface area contributed by atoms with Crippen LogP contribution in [0.3, 0.4) is 0 Å². The van der Waals surface area contributed by atoms with Crippen molar-refractivity contribution in [2.24, 2.45) is 0 Å². The standard InChI is InChI=1S/C24H23ClN4O.C2H6/c1-3-4-21-27-22(23(25)28-21)20-11-18(8-5-15(20)2)24(30)29-13-19(14-29)17-9-6-16(12-26)7-10-17;1-2/h5-11,19H,3-4,13-14H2,1-2H3,(H,27,28);1-2H3. The summed E-state index contributed by atoms with van der Waals surface area (Å²) in [6.07, 6.45) is 1.82. The van der Waals surface area contributed by atoms with Gasteiger partial charge in [-0.15, -0.1) is 0 Å². The fraction of sp³-hybridized carbons (Fsp3) is 0.346. The van der Waals surface area contributed by atoms with E-state index in [1.807, 2.05) is 68.1 Å². The third-order valence-corrected chi connectivity index (χ3v) is 5.89. The van der Waals surface area contributed by atoms with E-state index in [0.717, 1.165) is 35.4 Å². The highest BCUT2D eigenvalue weighted by Gasteiger charge is 2.32. The molecule has 3 aromatic rings. The lowest BCUT2D eigenvalue weighted by Crippen LogP contribution is -2.48. The van der Waals surface area contributed by atoms with Gasteiger partial charge in [0, 0.05) is 36.6 Å². The molecule has 166 valence electrons. The van der Waals surface area contributed by atoms with Gasteiger partial charge in [0.05, 0.1) is 11.6 Å². The number of aromatic amines is 1.